The molecule has 2 amide bonds. The van der Waals surface area contributed by atoms with Crippen molar-refractivity contribution in [3.63, 3.8) is 0 Å². The first-order valence-corrected chi connectivity index (χ1v) is 13.4. The minimum Gasteiger partial charge on any atom is -0.467 e. The predicted molar refractivity (Wildman–Crippen MR) is 153 cm³/mol. The second kappa shape index (κ2) is 17.1. The Bertz CT molecular complexity index is 1130. The fraction of sp³-hybridized carbons (Fsp3) is 0.467. The Labute approximate surface area is 240 Å². The summed E-state index contributed by atoms with van der Waals surface area (Å²) < 4.78 is 10.3. The lowest BCUT2D eigenvalue weighted by Crippen LogP contribution is -2.53. The maximum absolute atomic E-state index is 13.4. The zero-order valence-electron chi connectivity index (χ0n) is 24.2. The topological polar surface area (TPSA) is 156 Å². The summed E-state index contributed by atoms with van der Waals surface area (Å²) in [7, 11) is 2.68. The third-order valence-corrected chi connectivity index (χ3v) is 6.30. The number of nitrogens with zero attached hydrogens (tertiary/aromatic N) is 1. The molecule has 11 heteroatoms. The summed E-state index contributed by atoms with van der Waals surface area (Å²) in [5.41, 5.74) is 1.64. The van der Waals surface area contributed by atoms with E-state index in [4.69, 9.17) is 14.3 Å². The molecule has 0 spiro atoms. The van der Waals surface area contributed by atoms with Gasteiger partial charge in [0, 0.05) is 20.0 Å². The molecule has 0 bridgehead atoms. The number of carbonyl (C=O) groups excluding carboxylic acids is 3. The molecular weight excluding hydrogens is 530 g/mol. The van der Waals surface area contributed by atoms with E-state index >= 15 is 0 Å². The number of nitrogens with one attached hydrogen (secondary N) is 2. The molecule has 0 radical (unpaired) electrons. The number of amides is 2. The molecule has 0 aromatic heterocycles. The first-order valence-electron chi connectivity index (χ1n) is 13.4. The Morgan fingerprint density at radius 2 is 1.37 bits per heavy atom. The van der Waals surface area contributed by atoms with Gasteiger partial charge in [-0.2, -0.15) is 0 Å². The van der Waals surface area contributed by atoms with Gasteiger partial charge in [-0.15, -0.1) is 0 Å². The van der Waals surface area contributed by atoms with Crippen LogP contribution in [-0.2, 0) is 41.5 Å². The van der Waals surface area contributed by atoms with E-state index in [0.717, 1.165) is 11.1 Å². The summed E-state index contributed by atoms with van der Waals surface area (Å²) in [5, 5.41) is 29.5. The van der Waals surface area contributed by atoms with Crippen molar-refractivity contribution in [2.24, 2.45) is 11.1 Å². The third kappa shape index (κ3) is 10.9. The summed E-state index contributed by atoms with van der Waals surface area (Å²) in [6.07, 6.45) is -2.85. The monoisotopic (exact) mass is 571 g/mol. The molecule has 224 valence electrons. The normalized spacial score (nSPS) is 15.3. The molecule has 0 aliphatic carbocycles. The first-order chi connectivity index (χ1) is 19.6. The van der Waals surface area contributed by atoms with Gasteiger partial charge in [0.15, 0.2) is 6.61 Å². The maximum Gasteiger partial charge on any atom is 0.328 e. The van der Waals surface area contributed by atoms with Crippen LogP contribution in [0.15, 0.2) is 65.8 Å². The van der Waals surface area contributed by atoms with Crippen LogP contribution in [0.1, 0.15) is 31.9 Å². The molecular formula is C30H41N3O8. The quantitative estimate of drug-likeness (QED) is 0.134. The number of methoxy groups -OCH3 is 2. The highest BCUT2D eigenvalue weighted by Crippen LogP contribution is 2.13. The van der Waals surface area contributed by atoms with Gasteiger partial charge in [-0.3, -0.25) is 9.59 Å². The second-order valence-electron chi connectivity index (χ2n) is 9.96. The number of carbonyl (C=O) groups is 3. The second-order valence-corrected chi connectivity index (χ2v) is 9.96. The van der Waals surface area contributed by atoms with E-state index in [1.54, 1.807) is 0 Å². The lowest BCUT2D eigenvalue weighted by Gasteiger charge is -2.25. The van der Waals surface area contributed by atoms with E-state index < -0.39 is 54.8 Å². The van der Waals surface area contributed by atoms with Crippen LogP contribution in [0.25, 0.3) is 0 Å². The van der Waals surface area contributed by atoms with Gasteiger partial charge in [-0.05, 0) is 24.0 Å². The number of rotatable bonds is 16. The van der Waals surface area contributed by atoms with E-state index in [0.29, 0.717) is 0 Å². The molecule has 0 saturated carbocycles. The van der Waals surface area contributed by atoms with E-state index in [9.17, 15) is 24.6 Å². The predicted octanol–water partition coefficient (Wildman–Crippen LogP) is 1.40. The zero-order chi connectivity index (χ0) is 30.4. The van der Waals surface area contributed by atoms with Crippen LogP contribution in [0.4, 0.5) is 0 Å². The summed E-state index contributed by atoms with van der Waals surface area (Å²) in [5.74, 6) is -1.97. The largest absolute Gasteiger partial charge is 0.467 e. The van der Waals surface area contributed by atoms with Crippen molar-refractivity contribution >= 4 is 23.5 Å². The average Bonchev–Trinajstić information content (AvgIpc) is 2.96. The highest BCUT2D eigenvalue weighted by atomic mass is 16.6. The van der Waals surface area contributed by atoms with Crippen LogP contribution in [0.2, 0.25) is 0 Å². The molecule has 4 N–H and O–H groups in total. The molecule has 2 aromatic carbocycles. The van der Waals surface area contributed by atoms with Crippen molar-refractivity contribution in [3.8, 4) is 0 Å². The van der Waals surface area contributed by atoms with Gasteiger partial charge in [0.25, 0.3) is 5.91 Å². The smallest absolute Gasteiger partial charge is 0.328 e. The number of hydrogen-bond donors (Lipinski definition) is 4. The minimum atomic E-state index is -1.37. The third-order valence-electron chi connectivity index (χ3n) is 6.30. The zero-order valence-corrected chi connectivity index (χ0v) is 24.2. The number of oxime groups is 1. The van der Waals surface area contributed by atoms with Crippen molar-refractivity contribution in [1.82, 2.24) is 10.6 Å². The van der Waals surface area contributed by atoms with E-state index in [-0.39, 0.29) is 24.5 Å². The molecule has 0 aliphatic heterocycles. The molecule has 11 nitrogen and oxygen atoms in total. The molecule has 2 aromatic rings. The lowest BCUT2D eigenvalue weighted by molar-refractivity contribution is -0.145. The Kier molecular flexibility index (Phi) is 13.9. The van der Waals surface area contributed by atoms with Crippen molar-refractivity contribution in [2.45, 2.75) is 64.0 Å². The van der Waals surface area contributed by atoms with Crippen molar-refractivity contribution < 1.29 is 38.9 Å². The van der Waals surface area contributed by atoms with Gasteiger partial charge in [0.2, 0.25) is 5.91 Å². The number of benzene rings is 2. The molecule has 0 saturated heterocycles. The van der Waals surface area contributed by atoms with E-state index in [1.165, 1.54) is 21.1 Å². The lowest BCUT2D eigenvalue weighted by atomic mass is 9.96. The van der Waals surface area contributed by atoms with Gasteiger partial charge in [-0.25, -0.2) is 4.79 Å². The van der Waals surface area contributed by atoms with Gasteiger partial charge < -0.3 is 35.2 Å². The summed E-state index contributed by atoms with van der Waals surface area (Å²) in [6, 6.07) is 16.2. The van der Waals surface area contributed by atoms with Gasteiger partial charge in [-0.1, -0.05) is 79.7 Å². The van der Waals surface area contributed by atoms with E-state index in [2.05, 4.69) is 15.8 Å². The molecule has 41 heavy (non-hydrogen) atoms. The first kappa shape index (κ1) is 33.4. The highest BCUT2D eigenvalue weighted by Gasteiger charge is 2.31. The minimum absolute atomic E-state index is 0.0331. The fourth-order valence-electron chi connectivity index (χ4n) is 4.17. The SMILES string of the molecule is COC(=O)[C@H](Cc1ccccc1)NC(=O)C(Cc1ccccc1)NC(=O)CO/N=C(/[C@@H](OC)C(C)C)[C@@H](O)[C@@H](C)O. The average molecular weight is 572 g/mol. The molecule has 0 aliphatic rings. The molecule has 0 fully saturated rings. The fourth-order valence-corrected chi connectivity index (χ4v) is 4.17. The molecule has 2 rings (SSSR count). The van der Waals surface area contributed by atoms with Crippen LogP contribution >= 0.6 is 0 Å². The van der Waals surface area contributed by atoms with Crippen molar-refractivity contribution in [2.75, 3.05) is 20.8 Å². The number of esters is 1. The molecule has 0 heterocycles. The Morgan fingerprint density at radius 1 is 0.829 bits per heavy atom. The number of aliphatic hydroxyl groups excluding tert-OH is 2. The van der Waals surface area contributed by atoms with Gasteiger partial charge in [0.1, 0.15) is 30.0 Å². The van der Waals surface area contributed by atoms with Crippen LogP contribution in [-0.4, -0.2) is 84.9 Å². The van der Waals surface area contributed by atoms with Crippen molar-refractivity contribution in [3.05, 3.63) is 71.8 Å². The summed E-state index contributed by atoms with van der Waals surface area (Å²) >= 11 is 0. The van der Waals surface area contributed by atoms with Crippen LogP contribution < -0.4 is 10.6 Å². The maximum atomic E-state index is 13.4. The van der Waals surface area contributed by atoms with Gasteiger partial charge in [0.05, 0.1) is 13.2 Å². The number of hydrogen-bond acceptors (Lipinski definition) is 9. The Hall–Kier alpha value is -3.80. The summed E-state index contributed by atoms with van der Waals surface area (Å²) in [6.45, 7) is 4.51. The van der Waals surface area contributed by atoms with E-state index in [1.807, 2.05) is 74.5 Å². The number of aliphatic hydroxyl groups is 2. The Morgan fingerprint density at radius 3 is 1.83 bits per heavy atom. The van der Waals surface area contributed by atoms with Crippen LogP contribution in [0.3, 0.4) is 0 Å². The van der Waals surface area contributed by atoms with Crippen molar-refractivity contribution in [1.29, 1.82) is 0 Å². The Balaban J connectivity index is 2.19. The van der Waals surface area contributed by atoms with Crippen LogP contribution in [0, 0.1) is 5.92 Å². The highest BCUT2D eigenvalue weighted by molar-refractivity contribution is 5.93. The summed E-state index contributed by atoms with van der Waals surface area (Å²) in [4.78, 5) is 43.9. The standard InChI is InChI=1S/C30H41N3O8/c1-19(2)28(39-4)26(27(36)20(3)34)33-41-18-25(35)31-23(16-21-12-8-6-9-13-21)29(37)32-24(30(38)40-5)17-22-14-10-7-11-15-22/h6-15,19-20,23-24,27-28,34,36H,16-18H2,1-5H3,(H,31,35)(H,32,37)/b33-26+/t20-,23?,24+,27+,28+/m1/s1. The number of ether oxygens (including phenoxy) is 2. The van der Waals surface area contributed by atoms with Gasteiger partial charge >= 0.3 is 5.97 Å². The molecule has 1 unspecified atom stereocenters. The van der Waals surface area contributed by atoms with Crippen LogP contribution in [0.5, 0.6) is 0 Å². The molecule has 5 atom stereocenters.